The highest BCUT2D eigenvalue weighted by Crippen LogP contribution is 2.23. The standard InChI is InChI=1S/C20H23N3O2/c1-13(2)12-17(19-21-15-10-6-7-11-16(15)22-19)23-20(25)18(24)14-8-4-3-5-9-14/h3-11,13,17-18,24H,12H2,1-2H3,(H,21,22)(H,23,25)/t17?,18-/m0/s1. The molecule has 5 heteroatoms. The van der Waals surface area contributed by atoms with E-state index in [1.54, 1.807) is 24.3 Å². The Kier molecular flexibility index (Phi) is 5.14. The molecule has 0 saturated heterocycles. The van der Waals surface area contributed by atoms with E-state index in [2.05, 4.69) is 29.1 Å². The molecule has 3 N–H and O–H groups in total. The largest absolute Gasteiger partial charge is 0.378 e. The fourth-order valence-electron chi connectivity index (χ4n) is 2.89. The number of aliphatic hydroxyl groups is 1. The molecule has 0 saturated carbocycles. The van der Waals surface area contributed by atoms with Crippen LogP contribution in [0.4, 0.5) is 0 Å². The van der Waals surface area contributed by atoms with E-state index in [0.717, 1.165) is 17.5 Å². The first-order valence-corrected chi connectivity index (χ1v) is 8.52. The van der Waals surface area contributed by atoms with Crippen LogP contribution in [0.25, 0.3) is 11.0 Å². The smallest absolute Gasteiger partial charge is 0.254 e. The summed E-state index contributed by atoms with van der Waals surface area (Å²) in [4.78, 5) is 20.4. The normalized spacial score (nSPS) is 13.8. The van der Waals surface area contributed by atoms with Gasteiger partial charge in [-0.1, -0.05) is 56.3 Å². The van der Waals surface area contributed by atoms with Crippen molar-refractivity contribution in [2.24, 2.45) is 5.92 Å². The van der Waals surface area contributed by atoms with E-state index < -0.39 is 12.0 Å². The Balaban J connectivity index is 1.82. The Labute approximate surface area is 147 Å². The average Bonchev–Trinajstić information content (AvgIpc) is 3.05. The molecular formula is C20H23N3O2. The molecule has 1 amide bonds. The van der Waals surface area contributed by atoms with E-state index in [0.29, 0.717) is 17.3 Å². The van der Waals surface area contributed by atoms with E-state index >= 15 is 0 Å². The third-order valence-electron chi connectivity index (χ3n) is 4.13. The molecule has 1 aromatic heterocycles. The van der Waals surface area contributed by atoms with Crippen molar-refractivity contribution in [1.82, 2.24) is 15.3 Å². The molecule has 2 aromatic carbocycles. The Morgan fingerprint density at radius 1 is 1.12 bits per heavy atom. The summed E-state index contributed by atoms with van der Waals surface area (Å²) < 4.78 is 0. The average molecular weight is 337 g/mol. The number of aromatic amines is 1. The summed E-state index contributed by atoms with van der Waals surface area (Å²) in [5.74, 6) is 0.660. The number of carbonyl (C=O) groups excluding carboxylic acids is 1. The minimum Gasteiger partial charge on any atom is -0.378 e. The van der Waals surface area contributed by atoms with Gasteiger partial charge in [0.25, 0.3) is 5.91 Å². The maximum absolute atomic E-state index is 12.5. The lowest BCUT2D eigenvalue weighted by Crippen LogP contribution is -2.34. The van der Waals surface area contributed by atoms with Gasteiger partial charge in [-0.2, -0.15) is 0 Å². The minimum atomic E-state index is -1.19. The minimum absolute atomic E-state index is 0.279. The van der Waals surface area contributed by atoms with E-state index in [4.69, 9.17) is 0 Å². The number of imidazole rings is 1. The molecule has 1 heterocycles. The van der Waals surface area contributed by atoms with Crippen molar-refractivity contribution in [3.05, 3.63) is 66.0 Å². The summed E-state index contributed by atoms with van der Waals surface area (Å²) in [5, 5.41) is 13.3. The van der Waals surface area contributed by atoms with Gasteiger partial charge in [0.05, 0.1) is 17.1 Å². The van der Waals surface area contributed by atoms with Crippen LogP contribution in [-0.4, -0.2) is 21.0 Å². The van der Waals surface area contributed by atoms with E-state index in [1.165, 1.54) is 0 Å². The number of aliphatic hydroxyl groups excluding tert-OH is 1. The summed E-state index contributed by atoms with van der Waals surface area (Å²) >= 11 is 0. The van der Waals surface area contributed by atoms with Gasteiger partial charge in [0, 0.05) is 0 Å². The predicted molar refractivity (Wildman–Crippen MR) is 97.8 cm³/mol. The first kappa shape index (κ1) is 17.2. The number of hydrogen-bond donors (Lipinski definition) is 3. The number of nitrogens with one attached hydrogen (secondary N) is 2. The SMILES string of the molecule is CC(C)CC(NC(=O)[C@@H](O)c1ccccc1)c1nc2ccccc2[nH]1. The topological polar surface area (TPSA) is 78.0 Å². The second-order valence-electron chi connectivity index (χ2n) is 6.64. The second kappa shape index (κ2) is 7.49. The number of nitrogens with zero attached hydrogens (tertiary/aromatic N) is 1. The van der Waals surface area contributed by atoms with Crippen LogP contribution in [0.5, 0.6) is 0 Å². The zero-order valence-electron chi connectivity index (χ0n) is 14.4. The number of para-hydroxylation sites is 2. The molecule has 5 nitrogen and oxygen atoms in total. The summed E-state index contributed by atoms with van der Waals surface area (Å²) in [6.07, 6.45) is -0.465. The number of rotatable bonds is 6. The quantitative estimate of drug-likeness (QED) is 0.644. The van der Waals surface area contributed by atoms with Crippen LogP contribution in [0.15, 0.2) is 54.6 Å². The monoisotopic (exact) mass is 337 g/mol. The third-order valence-corrected chi connectivity index (χ3v) is 4.13. The van der Waals surface area contributed by atoms with Crippen LogP contribution >= 0.6 is 0 Å². The maximum atomic E-state index is 12.5. The van der Waals surface area contributed by atoms with Crippen LogP contribution in [0.1, 0.15) is 43.8 Å². The van der Waals surface area contributed by atoms with Crippen molar-refractivity contribution < 1.29 is 9.90 Å². The highest BCUT2D eigenvalue weighted by Gasteiger charge is 2.24. The van der Waals surface area contributed by atoms with Crippen molar-refractivity contribution in [2.75, 3.05) is 0 Å². The zero-order valence-corrected chi connectivity index (χ0v) is 14.4. The Bertz CT molecular complexity index is 809. The van der Waals surface area contributed by atoms with Gasteiger partial charge in [0.15, 0.2) is 6.10 Å². The van der Waals surface area contributed by atoms with Crippen LogP contribution in [0, 0.1) is 5.92 Å². The van der Waals surface area contributed by atoms with Crippen molar-refractivity contribution >= 4 is 16.9 Å². The molecule has 0 aliphatic rings. The Hall–Kier alpha value is -2.66. The lowest BCUT2D eigenvalue weighted by Gasteiger charge is -2.20. The summed E-state index contributed by atoms with van der Waals surface area (Å²) in [6, 6.07) is 16.4. The zero-order chi connectivity index (χ0) is 17.8. The molecule has 2 atom stereocenters. The third kappa shape index (κ3) is 4.06. The lowest BCUT2D eigenvalue weighted by molar-refractivity contribution is -0.130. The molecule has 1 unspecified atom stereocenters. The number of benzene rings is 2. The van der Waals surface area contributed by atoms with E-state index in [-0.39, 0.29) is 6.04 Å². The molecule has 0 spiro atoms. The van der Waals surface area contributed by atoms with Crippen LogP contribution in [0.3, 0.4) is 0 Å². The fourth-order valence-corrected chi connectivity index (χ4v) is 2.89. The number of fused-ring (bicyclic) bond motifs is 1. The maximum Gasteiger partial charge on any atom is 0.254 e. The van der Waals surface area contributed by atoms with Crippen LogP contribution in [-0.2, 0) is 4.79 Å². The van der Waals surface area contributed by atoms with Crippen molar-refractivity contribution in [1.29, 1.82) is 0 Å². The molecule has 130 valence electrons. The van der Waals surface area contributed by atoms with Crippen LogP contribution in [0.2, 0.25) is 0 Å². The Morgan fingerprint density at radius 2 is 1.80 bits per heavy atom. The first-order chi connectivity index (χ1) is 12.0. The Morgan fingerprint density at radius 3 is 2.48 bits per heavy atom. The number of H-pyrrole nitrogens is 1. The number of amides is 1. The second-order valence-corrected chi connectivity index (χ2v) is 6.64. The molecule has 3 rings (SSSR count). The molecule has 3 aromatic rings. The molecule has 0 fully saturated rings. The fraction of sp³-hybridized carbons (Fsp3) is 0.300. The molecule has 0 radical (unpaired) electrons. The van der Waals surface area contributed by atoms with Gasteiger partial charge in [0.2, 0.25) is 0 Å². The first-order valence-electron chi connectivity index (χ1n) is 8.52. The highest BCUT2D eigenvalue weighted by atomic mass is 16.3. The number of aromatic nitrogens is 2. The molecular weight excluding hydrogens is 314 g/mol. The highest BCUT2D eigenvalue weighted by molar-refractivity contribution is 5.82. The summed E-state index contributed by atoms with van der Waals surface area (Å²) in [6.45, 7) is 4.19. The van der Waals surface area contributed by atoms with Gasteiger partial charge in [-0.05, 0) is 30.0 Å². The van der Waals surface area contributed by atoms with Crippen molar-refractivity contribution in [2.45, 2.75) is 32.4 Å². The van der Waals surface area contributed by atoms with Gasteiger partial charge < -0.3 is 15.4 Å². The molecule has 25 heavy (non-hydrogen) atoms. The van der Waals surface area contributed by atoms with Crippen molar-refractivity contribution in [3.63, 3.8) is 0 Å². The number of carbonyl (C=O) groups is 1. The van der Waals surface area contributed by atoms with Crippen molar-refractivity contribution in [3.8, 4) is 0 Å². The molecule has 0 aliphatic heterocycles. The van der Waals surface area contributed by atoms with E-state index in [1.807, 2.05) is 30.3 Å². The van der Waals surface area contributed by atoms with Gasteiger partial charge in [-0.15, -0.1) is 0 Å². The van der Waals surface area contributed by atoms with Crippen LogP contribution < -0.4 is 5.32 Å². The van der Waals surface area contributed by atoms with Gasteiger partial charge in [0.1, 0.15) is 5.82 Å². The van der Waals surface area contributed by atoms with E-state index in [9.17, 15) is 9.90 Å². The summed E-state index contributed by atoms with van der Waals surface area (Å²) in [5.41, 5.74) is 2.38. The molecule has 0 aliphatic carbocycles. The van der Waals surface area contributed by atoms with Gasteiger partial charge >= 0.3 is 0 Å². The predicted octanol–water partition coefficient (Wildman–Crippen LogP) is 3.50. The number of hydrogen-bond acceptors (Lipinski definition) is 3. The lowest BCUT2D eigenvalue weighted by atomic mass is 10.0. The summed E-state index contributed by atoms with van der Waals surface area (Å²) in [7, 11) is 0. The van der Waals surface area contributed by atoms with Gasteiger partial charge in [-0.25, -0.2) is 4.98 Å². The molecule has 0 bridgehead atoms. The van der Waals surface area contributed by atoms with Gasteiger partial charge in [-0.3, -0.25) is 4.79 Å².